The molecule has 1 aromatic carbocycles. The lowest BCUT2D eigenvalue weighted by atomic mass is 9.98. The molecule has 0 saturated carbocycles. The Kier molecular flexibility index (Phi) is 5.28. The molecule has 0 spiro atoms. The van der Waals surface area contributed by atoms with E-state index in [1.54, 1.807) is 26.0 Å². The van der Waals surface area contributed by atoms with Crippen LogP contribution in [0.1, 0.15) is 39.4 Å². The number of Topliss-reactive ketones (excluding diaryl/α,β-unsaturated/α-hetero) is 2. The maximum absolute atomic E-state index is 13.0. The van der Waals surface area contributed by atoms with Crippen LogP contribution >= 0.6 is 0 Å². The monoisotopic (exact) mass is 332 g/mol. The van der Waals surface area contributed by atoms with Crippen LogP contribution in [0.15, 0.2) is 28.7 Å². The first-order valence-corrected chi connectivity index (χ1v) is 7.31. The molecule has 0 aliphatic rings. The molecule has 0 radical (unpaired) electrons. The molecule has 0 unspecified atom stereocenters. The molecule has 6 heteroatoms. The molecule has 5 nitrogen and oxygen atoms in total. The fourth-order valence-electron chi connectivity index (χ4n) is 2.33. The molecule has 0 bridgehead atoms. The number of ketones is 2. The number of hydrogen-bond acceptors (Lipinski definition) is 5. The number of rotatable bonds is 6. The van der Waals surface area contributed by atoms with Gasteiger partial charge in [0.1, 0.15) is 11.6 Å². The minimum Gasteiger partial charge on any atom is -0.463 e. The number of aryl methyl sites for hydroxylation is 1. The molecule has 0 amide bonds. The lowest BCUT2D eigenvalue weighted by Crippen LogP contribution is -2.19. The topological polar surface area (TPSA) is 73.6 Å². The van der Waals surface area contributed by atoms with Crippen LogP contribution in [0.4, 0.5) is 4.39 Å². The van der Waals surface area contributed by atoms with Gasteiger partial charge in [0.15, 0.2) is 5.76 Å². The number of methoxy groups -OCH3 is 1. The predicted octanol–water partition coefficient (Wildman–Crippen LogP) is 2.94. The predicted molar refractivity (Wildman–Crippen MR) is 83.4 cm³/mol. The summed E-state index contributed by atoms with van der Waals surface area (Å²) in [5.41, 5.74) is 2.21. The van der Waals surface area contributed by atoms with Gasteiger partial charge < -0.3 is 9.15 Å². The van der Waals surface area contributed by atoms with Crippen molar-refractivity contribution in [2.75, 3.05) is 7.11 Å². The number of hydrogen-bond donors (Lipinski definition) is 0. The number of benzene rings is 1. The van der Waals surface area contributed by atoms with E-state index in [1.807, 2.05) is 0 Å². The molecular formula is C18H17FO5. The van der Waals surface area contributed by atoms with Crippen molar-refractivity contribution in [2.45, 2.75) is 26.7 Å². The Morgan fingerprint density at radius 3 is 2.33 bits per heavy atom. The Labute approximate surface area is 138 Å². The molecule has 0 atom stereocenters. The van der Waals surface area contributed by atoms with E-state index in [-0.39, 0.29) is 11.6 Å². The highest BCUT2D eigenvalue weighted by Gasteiger charge is 2.26. The van der Waals surface area contributed by atoms with Gasteiger partial charge in [-0.2, -0.15) is 0 Å². The van der Waals surface area contributed by atoms with Crippen LogP contribution in [0.25, 0.3) is 0 Å². The van der Waals surface area contributed by atoms with Gasteiger partial charge in [0, 0.05) is 12.0 Å². The molecular weight excluding hydrogens is 315 g/mol. The summed E-state index contributed by atoms with van der Waals surface area (Å²) in [6.45, 7) is 3.51. The van der Waals surface area contributed by atoms with Crippen molar-refractivity contribution >= 4 is 17.5 Å². The first kappa shape index (κ1) is 17.6. The average molecular weight is 332 g/mol. The zero-order chi connectivity index (χ0) is 17.9. The first-order valence-electron chi connectivity index (χ1n) is 7.31. The number of carbonyl (C=O) groups is 3. The summed E-state index contributed by atoms with van der Waals surface area (Å²) in [4.78, 5) is 35.1. The smallest absolute Gasteiger partial charge is 0.374 e. The molecule has 0 N–H and O–H groups in total. The summed E-state index contributed by atoms with van der Waals surface area (Å²) >= 11 is 0. The highest BCUT2D eigenvalue weighted by atomic mass is 19.1. The third-order valence-electron chi connectivity index (χ3n) is 3.79. The van der Waals surface area contributed by atoms with E-state index in [0.717, 1.165) is 18.2 Å². The van der Waals surface area contributed by atoms with Gasteiger partial charge in [0.2, 0.25) is 11.6 Å². The van der Waals surface area contributed by atoms with E-state index < -0.39 is 24.0 Å². The van der Waals surface area contributed by atoms with Gasteiger partial charge in [-0.05, 0) is 37.1 Å². The summed E-state index contributed by atoms with van der Waals surface area (Å²) < 4.78 is 22.8. The second-order valence-electron chi connectivity index (χ2n) is 5.41. The van der Waals surface area contributed by atoms with Crippen LogP contribution in [0.5, 0.6) is 0 Å². The second kappa shape index (κ2) is 7.21. The number of carbonyl (C=O) groups excluding carboxylic acids is 3. The van der Waals surface area contributed by atoms with Crippen LogP contribution in [-0.2, 0) is 20.7 Å². The molecule has 0 aliphatic carbocycles. The summed E-state index contributed by atoms with van der Waals surface area (Å²) in [7, 11) is 1.08. The number of esters is 1. The lowest BCUT2D eigenvalue weighted by Gasteiger charge is -2.04. The molecule has 2 aromatic rings. The summed E-state index contributed by atoms with van der Waals surface area (Å²) in [6.07, 6.45) is -0.258. The lowest BCUT2D eigenvalue weighted by molar-refractivity contribution is -0.151. The van der Waals surface area contributed by atoms with Crippen molar-refractivity contribution < 1.29 is 27.9 Å². The van der Waals surface area contributed by atoms with Gasteiger partial charge >= 0.3 is 5.97 Å². The summed E-state index contributed by atoms with van der Waals surface area (Å²) in [6, 6.07) is 5.90. The van der Waals surface area contributed by atoms with E-state index in [0.29, 0.717) is 17.7 Å². The van der Waals surface area contributed by atoms with Crippen LogP contribution < -0.4 is 0 Å². The Morgan fingerprint density at radius 1 is 1.12 bits per heavy atom. The Balaban J connectivity index is 2.29. The molecule has 126 valence electrons. The van der Waals surface area contributed by atoms with E-state index in [4.69, 9.17) is 4.42 Å². The SMILES string of the molecule is COC(=O)C(=O)CC(=O)c1oc(C)c(C)c1Cc1ccc(F)cc1. The van der Waals surface area contributed by atoms with Crippen molar-refractivity contribution in [3.63, 3.8) is 0 Å². The maximum atomic E-state index is 13.0. The summed E-state index contributed by atoms with van der Waals surface area (Å²) in [5, 5.41) is 0. The van der Waals surface area contributed by atoms with Crippen LogP contribution in [0.2, 0.25) is 0 Å². The Morgan fingerprint density at radius 2 is 1.75 bits per heavy atom. The molecule has 2 rings (SSSR count). The van der Waals surface area contributed by atoms with Crippen molar-refractivity contribution in [3.8, 4) is 0 Å². The zero-order valence-corrected chi connectivity index (χ0v) is 13.6. The van der Waals surface area contributed by atoms with E-state index in [9.17, 15) is 18.8 Å². The summed E-state index contributed by atoms with van der Waals surface area (Å²) in [5.74, 6) is -2.32. The van der Waals surface area contributed by atoms with Gasteiger partial charge in [-0.15, -0.1) is 0 Å². The highest BCUT2D eigenvalue weighted by Crippen LogP contribution is 2.26. The standard InChI is InChI=1S/C18H17FO5/c1-10-11(2)24-17(15(20)9-16(21)18(22)23-3)14(10)8-12-4-6-13(19)7-5-12/h4-7H,8-9H2,1-3H3. The van der Waals surface area contributed by atoms with Gasteiger partial charge in [-0.3, -0.25) is 9.59 Å². The van der Waals surface area contributed by atoms with Crippen LogP contribution in [0, 0.1) is 19.7 Å². The maximum Gasteiger partial charge on any atom is 0.374 e. The molecule has 1 aromatic heterocycles. The third-order valence-corrected chi connectivity index (χ3v) is 3.79. The van der Waals surface area contributed by atoms with E-state index in [2.05, 4.69) is 4.74 Å². The largest absolute Gasteiger partial charge is 0.463 e. The zero-order valence-electron chi connectivity index (χ0n) is 13.6. The van der Waals surface area contributed by atoms with E-state index >= 15 is 0 Å². The van der Waals surface area contributed by atoms with Gasteiger partial charge in [0.05, 0.1) is 13.5 Å². The number of ether oxygens (including phenoxy) is 1. The van der Waals surface area contributed by atoms with Crippen molar-refractivity contribution in [1.82, 2.24) is 0 Å². The molecule has 0 aliphatic heterocycles. The van der Waals surface area contributed by atoms with Crippen molar-refractivity contribution in [2.24, 2.45) is 0 Å². The van der Waals surface area contributed by atoms with Crippen LogP contribution in [0.3, 0.4) is 0 Å². The van der Waals surface area contributed by atoms with E-state index in [1.165, 1.54) is 12.1 Å². The van der Waals surface area contributed by atoms with Crippen LogP contribution in [-0.4, -0.2) is 24.6 Å². The highest BCUT2D eigenvalue weighted by molar-refractivity contribution is 6.38. The molecule has 24 heavy (non-hydrogen) atoms. The fraction of sp³-hybridized carbons (Fsp3) is 0.278. The molecule has 0 fully saturated rings. The number of furan rings is 1. The van der Waals surface area contributed by atoms with Crippen molar-refractivity contribution in [1.29, 1.82) is 0 Å². The number of halogens is 1. The quantitative estimate of drug-likeness (QED) is 0.352. The normalized spacial score (nSPS) is 10.5. The average Bonchev–Trinajstić information content (AvgIpc) is 2.84. The minimum absolute atomic E-state index is 0.0478. The molecule has 0 saturated heterocycles. The van der Waals surface area contributed by atoms with Gasteiger partial charge in [-0.1, -0.05) is 12.1 Å². The van der Waals surface area contributed by atoms with Crippen molar-refractivity contribution in [3.05, 3.63) is 58.3 Å². The van der Waals surface area contributed by atoms with Gasteiger partial charge in [-0.25, -0.2) is 9.18 Å². The Hall–Kier alpha value is -2.76. The second-order valence-corrected chi connectivity index (χ2v) is 5.41. The fourth-order valence-corrected chi connectivity index (χ4v) is 2.33. The Bertz CT molecular complexity index is 786. The first-order chi connectivity index (χ1) is 11.3. The molecule has 1 heterocycles. The third kappa shape index (κ3) is 3.76. The minimum atomic E-state index is -1.07. The van der Waals surface area contributed by atoms with Gasteiger partial charge in [0.25, 0.3) is 0 Å².